The Balaban J connectivity index is 1.51. The van der Waals surface area contributed by atoms with E-state index in [4.69, 9.17) is 10.00 Å². The molecule has 8 nitrogen and oxygen atoms in total. The summed E-state index contributed by atoms with van der Waals surface area (Å²) < 4.78 is 5.47. The SMILES string of the molecule is N#CN1CCO[C@@H](C(=O)Nc2cc3cc(C4CNNC4)ccc3cn2)C1. The quantitative estimate of drug-likeness (QED) is 0.693. The van der Waals surface area contributed by atoms with Gasteiger partial charge in [-0.1, -0.05) is 18.2 Å². The first kappa shape index (κ1) is 16.7. The predicted octanol–water partition coefficient (Wildman–Crippen LogP) is 0.547. The van der Waals surface area contributed by atoms with Gasteiger partial charge in [0.05, 0.1) is 19.7 Å². The maximum absolute atomic E-state index is 12.4. The molecule has 1 aromatic carbocycles. The van der Waals surface area contributed by atoms with Crippen LogP contribution in [0, 0.1) is 11.5 Å². The van der Waals surface area contributed by atoms with Gasteiger partial charge in [-0.2, -0.15) is 5.26 Å². The molecule has 1 atom stereocenters. The zero-order valence-corrected chi connectivity index (χ0v) is 14.2. The van der Waals surface area contributed by atoms with Gasteiger partial charge in [-0.15, -0.1) is 0 Å². The van der Waals surface area contributed by atoms with Crippen molar-refractivity contribution in [1.29, 1.82) is 5.26 Å². The summed E-state index contributed by atoms with van der Waals surface area (Å²) in [6, 6.07) is 8.18. The molecule has 0 spiro atoms. The third kappa shape index (κ3) is 3.46. The number of benzene rings is 1. The van der Waals surface area contributed by atoms with Crippen LogP contribution in [0.1, 0.15) is 11.5 Å². The highest BCUT2D eigenvalue weighted by atomic mass is 16.5. The van der Waals surface area contributed by atoms with E-state index in [9.17, 15) is 4.79 Å². The van der Waals surface area contributed by atoms with Crippen molar-refractivity contribution in [1.82, 2.24) is 20.7 Å². The van der Waals surface area contributed by atoms with E-state index in [1.807, 2.05) is 6.07 Å². The van der Waals surface area contributed by atoms with Gasteiger partial charge in [0.15, 0.2) is 12.3 Å². The van der Waals surface area contributed by atoms with E-state index in [1.54, 1.807) is 6.20 Å². The second kappa shape index (κ2) is 7.25. The molecule has 3 N–H and O–H groups in total. The van der Waals surface area contributed by atoms with Crippen LogP contribution in [0.3, 0.4) is 0 Å². The molecule has 0 unspecified atom stereocenters. The van der Waals surface area contributed by atoms with Crippen LogP contribution in [-0.4, -0.2) is 54.7 Å². The van der Waals surface area contributed by atoms with E-state index in [1.165, 1.54) is 10.5 Å². The molecule has 8 heteroatoms. The number of nitrogens with zero attached hydrogens (tertiary/aromatic N) is 3. The lowest BCUT2D eigenvalue weighted by Gasteiger charge is -2.28. The Kier molecular flexibility index (Phi) is 4.67. The number of anilines is 1. The number of ether oxygens (including phenoxy) is 1. The zero-order chi connectivity index (χ0) is 17.9. The molecule has 1 amide bonds. The van der Waals surface area contributed by atoms with Crippen molar-refractivity contribution in [3.8, 4) is 6.19 Å². The Labute approximate surface area is 151 Å². The van der Waals surface area contributed by atoms with Gasteiger partial charge in [0.25, 0.3) is 5.91 Å². The fourth-order valence-corrected chi connectivity index (χ4v) is 3.29. The maximum Gasteiger partial charge on any atom is 0.256 e. The first-order chi connectivity index (χ1) is 12.7. The zero-order valence-electron chi connectivity index (χ0n) is 14.2. The van der Waals surface area contributed by atoms with Crippen LogP contribution in [0.2, 0.25) is 0 Å². The highest BCUT2D eigenvalue weighted by Gasteiger charge is 2.26. The maximum atomic E-state index is 12.4. The molecule has 2 aromatic rings. The van der Waals surface area contributed by atoms with Crippen LogP contribution in [-0.2, 0) is 9.53 Å². The molecule has 1 aromatic heterocycles. The highest BCUT2D eigenvalue weighted by Crippen LogP contribution is 2.24. The first-order valence-corrected chi connectivity index (χ1v) is 8.65. The van der Waals surface area contributed by atoms with Crippen molar-refractivity contribution in [3.05, 3.63) is 36.0 Å². The molecule has 2 saturated heterocycles. The van der Waals surface area contributed by atoms with Crippen LogP contribution in [0.4, 0.5) is 5.82 Å². The summed E-state index contributed by atoms with van der Waals surface area (Å²) in [6.45, 7) is 2.94. The van der Waals surface area contributed by atoms with Crippen molar-refractivity contribution in [3.63, 3.8) is 0 Å². The smallest absolute Gasteiger partial charge is 0.256 e. The van der Waals surface area contributed by atoms with Gasteiger partial charge in [0, 0.05) is 30.6 Å². The van der Waals surface area contributed by atoms with Gasteiger partial charge in [0.1, 0.15) is 5.82 Å². The van der Waals surface area contributed by atoms with Gasteiger partial charge in [-0.25, -0.2) is 4.98 Å². The summed E-state index contributed by atoms with van der Waals surface area (Å²) in [5.74, 6) is 0.635. The average molecular weight is 352 g/mol. The standard InChI is InChI=1S/C18H20N6O2/c19-11-24-3-4-26-16(10-24)18(25)23-17-6-14-5-12(15-8-21-22-9-15)1-2-13(14)7-20-17/h1-2,5-7,15-16,21-22H,3-4,8-10H2,(H,20,23,25)/t16-/m1/s1. The number of rotatable bonds is 3. The molecule has 2 aliphatic rings. The topological polar surface area (TPSA) is 102 Å². The van der Waals surface area contributed by atoms with Gasteiger partial charge in [0.2, 0.25) is 0 Å². The second-order valence-electron chi connectivity index (χ2n) is 6.53. The number of nitrogens with one attached hydrogen (secondary N) is 3. The van der Waals surface area contributed by atoms with Crippen LogP contribution in [0.25, 0.3) is 10.8 Å². The molecule has 0 radical (unpaired) electrons. The number of carbonyl (C=O) groups excluding carboxylic acids is 1. The first-order valence-electron chi connectivity index (χ1n) is 8.65. The predicted molar refractivity (Wildman–Crippen MR) is 96.0 cm³/mol. The van der Waals surface area contributed by atoms with Crippen LogP contribution in [0.15, 0.2) is 30.5 Å². The molecule has 2 fully saturated rings. The van der Waals surface area contributed by atoms with E-state index >= 15 is 0 Å². The van der Waals surface area contributed by atoms with E-state index in [-0.39, 0.29) is 12.5 Å². The summed E-state index contributed by atoms with van der Waals surface area (Å²) >= 11 is 0. The van der Waals surface area contributed by atoms with Crippen LogP contribution in [0.5, 0.6) is 0 Å². The Morgan fingerprint density at radius 1 is 1.31 bits per heavy atom. The molecular weight excluding hydrogens is 332 g/mol. The van der Waals surface area contributed by atoms with Crippen molar-refractivity contribution < 1.29 is 9.53 Å². The molecule has 134 valence electrons. The van der Waals surface area contributed by atoms with Crippen molar-refractivity contribution >= 4 is 22.5 Å². The van der Waals surface area contributed by atoms with Gasteiger partial charge >= 0.3 is 0 Å². The van der Waals surface area contributed by atoms with E-state index in [0.29, 0.717) is 24.9 Å². The number of pyridine rings is 1. The highest BCUT2D eigenvalue weighted by molar-refractivity contribution is 5.95. The monoisotopic (exact) mass is 352 g/mol. The van der Waals surface area contributed by atoms with Gasteiger partial charge < -0.3 is 15.0 Å². The number of nitriles is 1. The minimum Gasteiger partial charge on any atom is -0.365 e. The minimum absolute atomic E-state index is 0.266. The molecule has 4 rings (SSSR count). The van der Waals surface area contributed by atoms with E-state index in [0.717, 1.165) is 23.9 Å². The molecule has 26 heavy (non-hydrogen) atoms. The Morgan fingerprint density at radius 3 is 2.96 bits per heavy atom. The molecule has 0 aliphatic carbocycles. The van der Waals surface area contributed by atoms with Crippen LogP contribution >= 0.6 is 0 Å². The van der Waals surface area contributed by atoms with Crippen LogP contribution < -0.4 is 16.2 Å². The van der Waals surface area contributed by atoms with Crippen molar-refractivity contribution in [2.45, 2.75) is 12.0 Å². The Morgan fingerprint density at radius 2 is 2.15 bits per heavy atom. The second-order valence-corrected chi connectivity index (χ2v) is 6.53. The van der Waals surface area contributed by atoms with E-state index < -0.39 is 6.10 Å². The molecule has 0 saturated carbocycles. The largest absolute Gasteiger partial charge is 0.365 e. The number of hydrazine groups is 1. The summed E-state index contributed by atoms with van der Waals surface area (Å²) in [5, 5.41) is 13.8. The lowest BCUT2D eigenvalue weighted by Crippen LogP contribution is -2.46. The summed E-state index contributed by atoms with van der Waals surface area (Å²) in [4.78, 5) is 18.3. The molecular formula is C18H20N6O2. The number of fused-ring (bicyclic) bond motifs is 1. The Bertz CT molecular complexity index is 858. The number of carbonyl (C=O) groups is 1. The summed E-state index contributed by atoms with van der Waals surface area (Å²) in [7, 11) is 0. The normalized spacial score (nSPS) is 20.9. The fourth-order valence-electron chi connectivity index (χ4n) is 3.29. The molecule has 2 aliphatic heterocycles. The van der Waals surface area contributed by atoms with Crippen molar-refractivity contribution in [2.24, 2.45) is 0 Å². The third-order valence-electron chi connectivity index (χ3n) is 4.79. The number of hydrogen-bond donors (Lipinski definition) is 3. The number of morpholine rings is 1. The minimum atomic E-state index is -0.664. The van der Waals surface area contributed by atoms with E-state index in [2.05, 4.69) is 45.5 Å². The fraction of sp³-hybridized carbons (Fsp3) is 0.389. The number of hydrogen-bond acceptors (Lipinski definition) is 7. The lowest BCUT2D eigenvalue weighted by atomic mass is 9.98. The molecule has 0 bridgehead atoms. The van der Waals surface area contributed by atoms with Gasteiger partial charge in [-0.3, -0.25) is 15.6 Å². The molecule has 3 heterocycles. The lowest BCUT2D eigenvalue weighted by molar-refractivity contribution is -0.131. The summed E-state index contributed by atoms with van der Waals surface area (Å²) in [6.07, 6.45) is 3.15. The van der Waals surface area contributed by atoms with Gasteiger partial charge in [-0.05, 0) is 17.0 Å². The number of aromatic nitrogens is 1. The summed E-state index contributed by atoms with van der Waals surface area (Å²) in [5.41, 5.74) is 7.53. The third-order valence-corrected chi connectivity index (χ3v) is 4.79. The Hall–Kier alpha value is -2.73. The average Bonchev–Trinajstić information content (AvgIpc) is 3.22. The number of amides is 1. The van der Waals surface area contributed by atoms with Crippen molar-refractivity contribution in [2.75, 3.05) is 38.1 Å².